The first kappa shape index (κ1) is 14.4. The molecule has 1 N–H and O–H groups in total. The van der Waals surface area contributed by atoms with Gasteiger partial charge >= 0.3 is 0 Å². The third-order valence-electron chi connectivity index (χ3n) is 2.25. The summed E-state index contributed by atoms with van der Waals surface area (Å²) in [5.74, 6) is 0. The number of nitrogens with one attached hydrogen (secondary N) is 1. The predicted octanol–water partition coefficient (Wildman–Crippen LogP) is 2.31. The molecule has 0 saturated heterocycles. The lowest BCUT2D eigenvalue weighted by Crippen LogP contribution is -2.28. The van der Waals surface area contributed by atoms with Crippen molar-refractivity contribution in [3.63, 3.8) is 0 Å². The van der Waals surface area contributed by atoms with E-state index >= 15 is 0 Å². The van der Waals surface area contributed by atoms with Crippen molar-refractivity contribution in [2.45, 2.75) is 19.4 Å². The van der Waals surface area contributed by atoms with Crippen LogP contribution in [0.15, 0.2) is 30.3 Å². The summed E-state index contributed by atoms with van der Waals surface area (Å²) in [5, 5.41) is 13.7. The Kier molecular flexibility index (Phi) is 6.07. The van der Waals surface area contributed by atoms with E-state index in [1.807, 2.05) is 25.1 Å². The molecule has 0 saturated carbocycles. The highest BCUT2D eigenvalue weighted by Crippen LogP contribution is 2.17. The van der Waals surface area contributed by atoms with E-state index in [0.717, 1.165) is 12.0 Å². The molecule has 0 aliphatic rings. The predicted molar refractivity (Wildman–Crippen MR) is 73.0 cm³/mol. The number of hydrogen-bond acceptors (Lipinski definition) is 4. The molecule has 0 spiro atoms. The zero-order chi connectivity index (χ0) is 13.4. The number of rotatable bonds is 6. The first-order valence-corrected chi connectivity index (χ1v) is 6.15. The largest absolute Gasteiger partial charge is 0.456 e. The van der Waals surface area contributed by atoms with Gasteiger partial charge in [-0.05, 0) is 24.2 Å². The van der Waals surface area contributed by atoms with Gasteiger partial charge in [0.25, 0.3) is 5.17 Å². The standard InChI is InChI=1S/C12H16N2O3S/c1-2-8-13-12(18)17-11(9-14(15)16)10-6-4-3-5-7-10/h3-7,11H,2,8-9H2,1H3,(H,13,18). The van der Waals surface area contributed by atoms with Gasteiger partial charge in [0, 0.05) is 11.5 Å². The second-order valence-corrected chi connectivity index (χ2v) is 4.12. The number of benzene rings is 1. The highest BCUT2D eigenvalue weighted by molar-refractivity contribution is 7.80. The molecule has 18 heavy (non-hydrogen) atoms. The molecular formula is C12H16N2O3S. The van der Waals surface area contributed by atoms with E-state index in [-0.39, 0.29) is 11.7 Å². The number of thiocarbonyl (C=S) groups is 1. The summed E-state index contributed by atoms with van der Waals surface area (Å²) >= 11 is 4.99. The van der Waals surface area contributed by atoms with Gasteiger partial charge in [-0.25, -0.2) is 0 Å². The molecule has 0 aliphatic heterocycles. The van der Waals surface area contributed by atoms with Crippen molar-refractivity contribution in [2.24, 2.45) is 0 Å². The maximum atomic E-state index is 10.6. The summed E-state index contributed by atoms with van der Waals surface area (Å²) in [6, 6.07) is 9.05. The Hall–Kier alpha value is -1.69. The zero-order valence-electron chi connectivity index (χ0n) is 10.2. The lowest BCUT2D eigenvalue weighted by molar-refractivity contribution is -0.490. The average molecular weight is 268 g/mol. The minimum Gasteiger partial charge on any atom is -0.456 e. The Labute approximate surface area is 111 Å². The Balaban J connectivity index is 2.67. The SMILES string of the molecule is CCCNC(=S)OC(C[N+](=O)[O-])c1ccccc1. The molecule has 0 bridgehead atoms. The van der Waals surface area contributed by atoms with Crippen LogP contribution in [0.2, 0.25) is 0 Å². The Morgan fingerprint density at radius 3 is 2.72 bits per heavy atom. The molecule has 0 radical (unpaired) electrons. The van der Waals surface area contributed by atoms with Crippen molar-refractivity contribution >= 4 is 17.4 Å². The van der Waals surface area contributed by atoms with E-state index in [0.29, 0.717) is 6.54 Å². The van der Waals surface area contributed by atoms with E-state index in [9.17, 15) is 10.1 Å². The van der Waals surface area contributed by atoms with E-state index < -0.39 is 11.0 Å². The lowest BCUT2D eigenvalue weighted by Gasteiger charge is -2.17. The molecule has 98 valence electrons. The molecule has 1 unspecified atom stereocenters. The summed E-state index contributed by atoms with van der Waals surface area (Å²) < 4.78 is 5.43. The molecule has 0 amide bonds. The van der Waals surface area contributed by atoms with Gasteiger partial charge in [0.05, 0.1) is 0 Å². The number of nitrogens with zero attached hydrogens (tertiary/aromatic N) is 1. The van der Waals surface area contributed by atoms with Crippen LogP contribution in [0.3, 0.4) is 0 Å². The monoisotopic (exact) mass is 268 g/mol. The smallest absolute Gasteiger partial charge is 0.257 e. The minimum atomic E-state index is -0.655. The third-order valence-corrected chi connectivity index (χ3v) is 2.50. The highest BCUT2D eigenvalue weighted by atomic mass is 32.1. The maximum Gasteiger partial charge on any atom is 0.257 e. The minimum absolute atomic E-state index is 0.201. The summed E-state index contributed by atoms with van der Waals surface area (Å²) in [6.07, 6.45) is 0.257. The Morgan fingerprint density at radius 1 is 1.50 bits per heavy atom. The summed E-state index contributed by atoms with van der Waals surface area (Å²) in [7, 11) is 0. The van der Waals surface area contributed by atoms with E-state index in [1.165, 1.54) is 0 Å². The number of ether oxygens (including phenoxy) is 1. The van der Waals surface area contributed by atoms with Gasteiger partial charge < -0.3 is 10.1 Å². The second-order valence-electron chi connectivity index (χ2n) is 3.75. The van der Waals surface area contributed by atoms with Gasteiger partial charge in [0.2, 0.25) is 6.54 Å². The fraction of sp³-hybridized carbons (Fsp3) is 0.417. The van der Waals surface area contributed by atoms with Crippen molar-refractivity contribution in [2.75, 3.05) is 13.1 Å². The maximum absolute atomic E-state index is 10.6. The fourth-order valence-corrected chi connectivity index (χ4v) is 1.63. The number of hydrogen-bond donors (Lipinski definition) is 1. The molecule has 1 atom stereocenters. The third kappa shape index (κ3) is 5.09. The van der Waals surface area contributed by atoms with Gasteiger partial charge in [0.1, 0.15) is 0 Å². The Bertz CT molecular complexity index is 398. The second kappa shape index (κ2) is 7.60. The van der Waals surface area contributed by atoms with Crippen molar-refractivity contribution in [1.82, 2.24) is 5.32 Å². The van der Waals surface area contributed by atoms with Crippen LogP contribution in [-0.2, 0) is 4.74 Å². The van der Waals surface area contributed by atoms with E-state index in [4.69, 9.17) is 17.0 Å². The van der Waals surface area contributed by atoms with Crippen LogP contribution in [0.25, 0.3) is 0 Å². The molecule has 1 aromatic rings. The molecular weight excluding hydrogens is 252 g/mol. The quantitative estimate of drug-likeness (QED) is 0.487. The number of nitro groups is 1. The highest BCUT2D eigenvalue weighted by Gasteiger charge is 2.20. The van der Waals surface area contributed by atoms with Crippen molar-refractivity contribution < 1.29 is 9.66 Å². The van der Waals surface area contributed by atoms with Gasteiger partial charge in [-0.15, -0.1) is 0 Å². The summed E-state index contributed by atoms with van der Waals surface area (Å²) in [4.78, 5) is 10.2. The van der Waals surface area contributed by atoms with Crippen LogP contribution in [0, 0.1) is 10.1 Å². The summed E-state index contributed by atoms with van der Waals surface area (Å²) in [6.45, 7) is 2.39. The lowest BCUT2D eigenvalue weighted by atomic mass is 10.1. The fourth-order valence-electron chi connectivity index (χ4n) is 1.41. The molecule has 1 rings (SSSR count). The molecule has 6 heteroatoms. The van der Waals surface area contributed by atoms with Gasteiger partial charge in [0.15, 0.2) is 6.10 Å². The average Bonchev–Trinajstić information content (AvgIpc) is 2.36. The molecule has 1 aromatic carbocycles. The van der Waals surface area contributed by atoms with Crippen LogP contribution in [0.4, 0.5) is 0 Å². The van der Waals surface area contributed by atoms with Crippen LogP contribution in [-0.4, -0.2) is 23.2 Å². The van der Waals surface area contributed by atoms with Crippen molar-refractivity contribution in [3.8, 4) is 0 Å². The van der Waals surface area contributed by atoms with E-state index in [2.05, 4.69) is 5.32 Å². The van der Waals surface area contributed by atoms with E-state index in [1.54, 1.807) is 12.1 Å². The first-order chi connectivity index (χ1) is 8.63. The topological polar surface area (TPSA) is 64.4 Å². The van der Waals surface area contributed by atoms with Gasteiger partial charge in [-0.2, -0.15) is 0 Å². The molecule has 5 nitrogen and oxygen atoms in total. The van der Waals surface area contributed by atoms with Crippen molar-refractivity contribution in [3.05, 3.63) is 46.0 Å². The zero-order valence-corrected chi connectivity index (χ0v) is 11.0. The molecule has 0 fully saturated rings. The first-order valence-electron chi connectivity index (χ1n) is 5.74. The van der Waals surface area contributed by atoms with Crippen LogP contribution < -0.4 is 5.32 Å². The molecule has 0 heterocycles. The van der Waals surface area contributed by atoms with Crippen LogP contribution in [0.5, 0.6) is 0 Å². The summed E-state index contributed by atoms with van der Waals surface area (Å²) in [5.41, 5.74) is 0.745. The normalized spacial score (nSPS) is 11.6. The van der Waals surface area contributed by atoms with Gasteiger partial charge in [-0.3, -0.25) is 10.1 Å². The molecule has 0 aromatic heterocycles. The Morgan fingerprint density at radius 2 is 2.17 bits per heavy atom. The van der Waals surface area contributed by atoms with Gasteiger partial charge in [-0.1, -0.05) is 37.3 Å². The van der Waals surface area contributed by atoms with Crippen LogP contribution >= 0.6 is 12.2 Å². The van der Waals surface area contributed by atoms with Crippen LogP contribution in [0.1, 0.15) is 25.0 Å². The molecule has 0 aliphatic carbocycles. The van der Waals surface area contributed by atoms with Crippen molar-refractivity contribution in [1.29, 1.82) is 0 Å².